The largest absolute Gasteiger partial charge is 0.409 e. The summed E-state index contributed by atoms with van der Waals surface area (Å²) >= 11 is 0. The molecule has 0 amide bonds. The number of benzene rings is 1. The van der Waals surface area contributed by atoms with Gasteiger partial charge < -0.3 is 16.3 Å². The Morgan fingerprint density at radius 3 is 2.47 bits per heavy atom. The molecule has 0 aliphatic carbocycles. The number of nitrogens with zero attached hydrogens (tertiary/aromatic N) is 1. The van der Waals surface area contributed by atoms with Crippen molar-refractivity contribution < 1.29 is 5.21 Å². The van der Waals surface area contributed by atoms with Crippen LogP contribution in [0.5, 0.6) is 0 Å². The number of hydrogen-bond donors (Lipinski definition) is 3. The molecule has 1 unspecified atom stereocenters. The van der Waals surface area contributed by atoms with Gasteiger partial charge in [0.2, 0.25) is 0 Å². The number of oxime groups is 1. The number of hydrogen-bond acceptors (Lipinski definition) is 3. The fourth-order valence-electron chi connectivity index (χ4n) is 1.38. The summed E-state index contributed by atoms with van der Waals surface area (Å²) in [7, 11) is 0. The Bertz CT molecular complexity index is 324. The van der Waals surface area contributed by atoms with Gasteiger partial charge in [0.1, 0.15) is 0 Å². The highest BCUT2D eigenvalue weighted by Crippen LogP contribution is 2.11. The van der Waals surface area contributed by atoms with Gasteiger partial charge in [-0.2, -0.15) is 0 Å². The van der Waals surface area contributed by atoms with Crippen LogP contribution in [0.1, 0.15) is 25.5 Å². The van der Waals surface area contributed by atoms with Crippen LogP contribution in [-0.2, 0) is 0 Å². The molecule has 0 saturated carbocycles. The lowest BCUT2D eigenvalue weighted by molar-refractivity contribution is 0.314. The highest BCUT2D eigenvalue weighted by Gasteiger charge is 2.11. The molecule has 4 N–H and O–H groups in total. The van der Waals surface area contributed by atoms with E-state index in [0.29, 0.717) is 0 Å². The first-order chi connectivity index (χ1) is 7.15. The molecular weight excluding hydrogens is 190 g/mol. The fraction of sp³-hybridized carbons (Fsp3) is 0.364. The highest BCUT2D eigenvalue weighted by molar-refractivity contribution is 5.84. The third kappa shape index (κ3) is 3.25. The van der Waals surface area contributed by atoms with Crippen molar-refractivity contribution in [3.05, 3.63) is 35.9 Å². The molecule has 2 atom stereocenters. The van der Waals surface area contributed by atoms with Crippen LogP contribution >= 0.6 is 0 Å². The Morgan fingerprint density at radius 1 is 1.33 bits per heavy atom. The summed E-state index contributed by atoms with van der Waals surface area (Å²) in [4.78, 5) is 0. The van der Waals surface area contributed by atoms with Crippen molar-refractivity contribution >= 4 is 5.84 Å². The molecule has 0 saturated heterocycles. The van der Waals surface area contributed by atoms with Crippen molar-refractivity contribution in [2.75, 3.05) is 0 Å². The van der Waals surface area contributed by atoms with Crippen LogP contribution in [0.3, 0.4) is 0 Å². The van der Waals surface area contributed by atoms with Crippen LogP contribution in [0, 0.1) is 0 Å². The van der Waals surface area contributed by atoms with Gasteiger partial charge in [0.05, 0.1) is 6.04 Å². The fourth-order valence-corrected chi connectivity index (χ4v) is 1.38. The second-order valence-electron chi connectivity index (χ2n) is 3.55. The van der Waals surface area contributed by atoms with Gasteiger partial charge in [-0.1, -0.05) is 35.5 Å². The van der Waals surface area contributed by atoms with E-state index in [4.69, 9.17) is 10.9 Å². The molecule has 1 rings (SSSR count). The maximum atomic E-state index is 8.51. The second kappa shape index (κ2) is 5.36. The van der Waals surface area contributed by atoms with E-state index in [1.807, 2.05) is 44.2 Å². The molecule has 1 aromatic rings. The van der Waals surface area contributed by atoms with E-state index in [-0.39, 0.29) is 17.9 Å². The van der Waals surface area contributed by atoms with E-state index >= 15 is 0 Å². The molecule has 82 valence electrons. The van der Waals surface area contributed by atoms with Crippen LogP contribution in [0.25, 0.3) is 0 Å². The molecular formula is C11H17N3O. The van der Waals surface area contributed by atoms with Crippen molar-refractivity contribution in [2.45, 2.75) is 25.9 Å². The zero-order valence-corrected chi connectivity index (χ0v) is 9.01. The van der Waals surface area contributed by atoms with Crippen molar-refractivity contribution in [3.63, 3.8) is 0 Å². The molecule has 4 heteroatoms. The summed E-state index contributed by atoms with van der Waals surface area (Å²) < 4.78 is 0. The van der Waals surface area contributed by atoms with Gasteiger partial charge >= 0.3 is 0 Å². The third-order valence-corrected chi connectivity index (χ3v) is 2.36. The molecule has 0 radical (unpaired) electrons. The zero-order chi connectivity index (χ0) is 11.3. The van der Waals surface area contributed by atoms with Gasteiger partial charge in [0.25, 0.3) is 0 Å². The van der Waals surface area contributed by atoms with Gasteiger partial charge in [-0.25, -0.2) is 0 Å². The molecule has 0 aliphatic rings. The van der Waals surface area contributed by atoms with E-state index in [9.17, 15) is 0 Å². The minimum atomic E-state index is -0.148. The number of nitrogens with two attached hydrogens (primary N) is 1. The first-order valence-corrected chi connectivity index (χ1v) is 4.93. The number of amidine groups is 1. The van der Waals surface area contributed by atoms with E-state index in [1.165, 1.54) is 5.56 Å². The van der Waals surface area contributed by atoms with E-state index in [2.05, 4.69) is 10.5 Å². The van der Waals surface area contributed by atoms with Crippen molar-refractivity contribution in [3.8, 4) is 0 Å². The zero-order valence-electron chi connectivity index (χ0n) is 9.01. The molecule has 15 heavy (non-hydrogen) atoms. The lowest BCUT2D eigenvalue weighted by atomic mass is 10.1. The predicted molar refractivity (Wildman–Crippen MR) is 60.9 cm³/mol. The lowest BCUT2D eigenvalue weighted by Gasteiger charge is -2.19. The number of rotatable bonds is 4. The Morgan fingerprint density at radius 2 is 1.93 bits per heavy atom. The third-order valence-electron chi connectivity index (χ3n) is 2.36. The average molecular weight is 207 g/mol. The lowest BCUT2D eigenvalue weighted by Crippen LogP contribution is -2.40. The molecule has 0 aromatic heterocycles. The van der Waals surface area contributed by atoms with Crippen LogP contribution in [0.2, 0.25) is 0 Å². The van der Waals surface area contributed by atoms with Crippen molar-refractivity contribution in [1.29, 1.82) is 0 Å². The van der Waals surface area contributed by atoms with Crippen LogP contribution in [0.15, 0.2) is 35.5 Å². The number of nitrogens with one attached hydrogen (secondary N) is 1. The monoisotopic (exact) mass is 207 g/mol. The van der Waals surface area contributed by atoms with Gasteiger partial charge in [-0.3, -0.25) is 0 Å². The smallest absolute Gasteiger partial charge is 0.156 e. The topological polar surface area (TPSA) is 70.6 Å². The first-order valence-electron chi connectivity index (χ1n) is 4.93. The molecule has 0 heterocycles. The Hall–Kier alpha value is -1.55. The molecule has 0 bridgehead atoms. The van der Waals surface area contributed by atoms with Crippen LogP contribution in [0.4, 0.5) is 0 Å². The Labute approximate surface area is 89.8 Å². The minimum Gasteiger partial charge on any atom is -0.409 e. The summed E-state index contributed by atoms with van der Waals surface area (Å²) in [6.45, 7) is 3.89. The summed E-state index contributed by atoms with van der Waals surface area (Å²) in [6.07, 6.45) is 0. The summed E-state index contributed by atoms with van der Waals surface area (Å²) in [5.74, 6) is 0.192. The quantitative estimate of drug-likeness (QED) is 0.303. The standard InChI is InChI=1S/C11H17N3O/c1-8(10-6-4-3-5-7-10)13-9(2)11(12)14-15/h3-9,13,15H,1-2H3,(H2,12,14)/t8-,9?/m1/s1. The highest BCUT2D eigenvalue weighted by atomic mass is 16.4. The predicted octanol–water partition coefficient (Wildman–Crippen LogP) is 1.47. The van der Waals surface area contributed by atoms with Gasteiger partial charge in [-0.15, -0.1) is 0 Å². The molecule has 1 aromatic carbocycles. The summed E-state index contributed by atoms with van der Waals surface area (Å²) in [5, 5.41) is 14.7. The SMILES string of the molecule is CC(N[C@H](C)c1ccccc1)C(N)=NO. The Kier molecular flexibility index (Phi) is 4.12. The minimum absolute atomic E-state index is 0.148. The second-order valence-corrected chi connectivity index (χ2v) is 3.55. The normalized spacial score (nSPS) is 16.0. The molecule has 0 fully saturated rings. The maximum Gasteiger partial charge on any atom is 0.156 e. The molecule has 0 spiro atoms. The van der Waals surface area contributed by atoms with Gasteiger partial charge in [0.15, 0.2) is 5.84 Å². The molecule has 0 aliphatic heterocycles. The van der Waals surface area contributed by atoms with Crippen LogP contribution < -0.4 is 11.1 Å². The Balaban J connectivity index is 2.60. The van der Waals surface area contributed by atoms with E-state index in [1.54, 1.807) is 0 Å². The van der Waals surface area contributed by atoms with Gasteiger partial charge in [-0.05, 0) is 19.4 Å². The van der Waals surface area contributed by atoms with E-state index in [0.717, 1.165) is 0 Å². The summed E-state index contributed by atoms with van der Waals surface area (Å²) in [5.41, 5.74) is 6.66. The van der Waals surface area contributed by atoms with Crippen LogP contribution in [-0.4, -0.2) is 17.1 Å². The van der Waals surface area contributed by atoms with Crippen molar-refractivity contribution in [1.82, 2.24) is 5.32 Å². The first kappa shape index (κ1) is 11.5. The average Bonchev–Trinajstić information content (AvgIpc) is 2.29. The van der Waals surface area contributed by atoms with Crippen molar-refractivity contribution in [2.24, 2.45) is 10.9 Å². The molecule has 4 nitrogen and oxygen atoms in total. The summed E-state index contributed by atoms with van der Waals surface area (Å²) in [6, 6.07) is 10.0. The van der Waals surface area contributed by atoms with Gasteiger partial charge in [0, 0.05) is 6.04 Å². The van der Waals surface area contributed by atoms with E-state index < -0.39 is 0 Å². The maximum absolute atomic E-state index is 8.51.